The standard InChI is InChI=1S/C22H16Cl2N4O3/c1-27(16-8-4-14(23)5-9-16)21(29)17-12-28-19(11-25-20(28)10-18(17)24)13-2-6-15(7-3-13)26-22(30)31/h2-12,26H,1H3,(H,30,31). The van der Waals surface area contributed by atoms with Crippen molar-refractivity contribution in [2.75, 3.05) is 17.3 Å². The molecule has 7 nitrogen and oxygen atoms in total. The maximum atomic E-state index is 13.1. The predicted molar refractivity (Wildman–Crippen MR) is 121 cm³/mol. The molecular weight excluding hydrogens is 439 g/mol. The summed E-state index contributed by atoms with van der Waals surface area (Å²) in [6.07, 6.45) is 2.19. The first-order valence-electron chi connectivity index (χ1n) is 9.14. The van der Waals surface area contributed by atoms with Crippen LogP contribution >= 0.6 is 23.2 Å². The van der Waals surface area contributed by atoms with Gasteiger partial charge < -0.3 is 10.0 Å². The van der Waals surface area contributed by atoms with Crippen LogP contribution in [0.15, 0.2) is 67.0 Å². The van der Waals surface area contributed by atoms with E-state index in [0.717, 1.165) is 11.3 Å². The quantitative estimate of drug-likeness (QED) is 0.415. The maximum Gasteiger partial charge on any atom is 0.409 e. The molecule has 2 aromatic carbocycles. The van der Waals surface area contributed by atoms with Gasteiger partial charge in [0.25, 0.3) is 5.91 Å². The van der Waals surface area contributed by atoms with E-state index in [1.54, 1.807) is 78.4 Å². The Bertz CT molecular complexity index is 1280. The van der Waals surface area contributed by atoms with E-state index in [-0.39, 0.29) is 10.9 Å². The third-order valence-corrected chi connectivity index (χ3v) is 5.34. The lowest BCUT2D eigenvalue weighted by molar-refractivity contribution is 0.0992. The van der Waals surface area contributed by atoms with Crippen LogP contribution in [0.2, 0.25) is 10.0 Å². The van der Waals surface area contributed by atoms with Crippen LogP contribution in [0.4, 0.5) is 16.2 Å². The number of hydrogen-bond donors (Lipinski definition) is 2. The molecule has 9 heteroatoms. The van der Waals surface area contributed by atoms with Crippen LogP contribution in [-0.4, -0.2) is 33.5 Å². The molecule has 0 aliphatic carbocycles. The van der Waals surface area contributed by atoms with E-state index in [1.807, 2.05) is 0 Å². The van der Waals surface area contributed by atoms with Crippen molar-refractivity contribution < 1.29 is 14.7 Å². The number of carboxylic acid groups (broad SMARTS) is 1. The number of nitrogens with one attached hydrogen (secondary N) is 1. The molecule has 0 radical (unpaired) electrons. The first-order chi connectivity index (χ1) is 14.8. The van der Waals surface area contributed by atoms with Crippen molar-refractivity contribution in [3.8, 4) is 11.3 Å². The summed E-state index contributed by atoms with van der Waals surface area (Å²) in [5.74, 6) is -0.283. The van der Waals surface area contributed by atoms with Gasteiger partial charge in [0.1, 0.15) is 5.65 Å². The van der Waals surface area contributed by atoms with Crippen molar-refractivity contribution in [2.45, 2.75) is 0 Å². The van der Waals surface area contributed by atoms with Crippen molar-refractivity contribution in [3.63, 3.8) is 0 Å². The summed E-state index contributed by atoms with van der Waals surface area (Å²) in [5.41, 5.74) is 3.56. The number of amides is 2. The molecule has 0 fully saturated rings. The lowest BCUT2D eigenvalue weighted by Crippen LogP contribution is -2.26. The zero-order valence-electron chi connectivity index (χ0n) is 16.2. The Morgan fingerprint density at radius 2 is 1.74 bits per heavy atom. The largest absolute Gasteiger partial charge is 0.465 e. The second kappa shape index (κ2) is 8.29. The van der Waals surface area contributed by atoms with E-state index < -0.39 is 6.09 Å². The van der Waals surface area contributed by atoms with Crippen molar-refractivity contribution >= 4 is 52.2 Å². The molecular formula is C22H16Cl2N4O3. The van der Waals surface area contributed by atoms with Gasteiger partial charge in [0.2, 0.25) is 0 Å². The molecule has 0 spiro atoms. The Hall–Kier alpha value is -3.55. The normalized spacial score (nSPS) is 10.8. The van der Waals surface area contributed by atoms with Crippen LogP contribution in [0.5, 0.6) is 0 Å². The highest BCUT2D eigenvalue weighted by molar-refractivity contribution is 6.35. The molecule has 0 saturated heterocycles. The molecule has 0 aliphatic heterocycles. The summed E-state index contributed by atoms with van der Waals surface area (Å²) >= 11 is 12.3. The minimum Gasteiger partial charge on any atom is -0.465 e. The van der Waals surface area contributed by atoms with Crippen LogP contribution in [0.1, 0.15) is 10.4 Å². The molecule has 31 heavy (non-hydrogen) atoms. The number of carbonyl (C=O) groups excluding carboxylic acids is 1. The van der Waals surface area contributed by atoms with Gasteiger partial charge in [-0.1, -0.05) is 35.3 Å². The third-order valence-electron chi connectivity index (χ3n) is 4.78. The van der Waals surface area contributed by atoms with Crippen LogP contribution < -0.4 is 10.2 Å². The number of pyridine rings is 1. The summed E-state index contributed by atoms with van der Waals surface area (Å²) in [6.45, 7) is 0. The van der Waals surface area contributed by atoms with Gasteiger partial charge in [-0.3, -0.25) is 14.5 Å². The summed E-state index contributed by atoms with van der Waals surface area (Å²) in [7, 11) is 1.66. The highest BCUT2D eigenvalue weighted by Gasteiger charge is 2.19. The number of hydrogen-bond acceptors (Lipinski definition) is 3. The minimum absolute atomic E-state index is 0.283. The zero-order valence-corrected chi connectivity index (χ0v) is 17.7. The number of anilines is 2. The number of fused-ring (bicyclic) bond motifs is 1. The Kier molecular flexibility index (Phi) is 5.54. The summed E-state index contributed by atoms with van der Waals surface area (Å²) in [4.78, 5) is 29.8. The molecule has 2 amide bonds. The number of nitrogens with zero attached hydrogens (tertiary/aromatic N) is 3. The van der Waals surface area contributed by atoms with Crippen LogP contribution in [-0.2, 0) is 0 Å². The third kappa shape index (κ3) is 4.19. The maximum absolute atomic E-state index is 13.1. The van der Waals surface area contributed by atoms with Gasteiger partial charge in [0, 0.05) is 41.3 Å². The van der Waals surface area contributed by atoms with Crippen molar-refractivity contribution in [2.24, 2.45) is 0 Å². The van der Waals surface area contributed by atoms with Gasteiger partial charge in [0.15, 0.2) is 0 Å². The molecule has 156 valence electrons. The summed E-state index contributed by atoms with van der Waals surface area (Å²) in [6, 6.07) is 15.4. The number of imidazole rings is 1. The van der Waals surface area contributed by atoms with E-state index in [2.05, 4.69) is 10.3 Å². The Morgan fingerprint density at radius 1 is 1.06 bits per heavy atom. The lowest BCUT2D eigenvalue weighted by atomic mass is 10.1. The molecule has 0 unspecified atom stereocenters. The first kappa shape index (κ1) is 20.7. The fraction of sp³-hybridized carbons (Fsp3) is 0.0455. The predicted octanol–water partition coefficient (Wildman–Crippen LogP) is 5.67. The topological polar surface area (TPSA) is 86.9 Å². The molecule has 0 saturated carbocycles. The van der Waals surface area contributed by atoms with Gasteiger partial charge in [0.05, 0.1) is 22.5 Å². The first-order valence-corrected chi connectivity index (χ1v) is 9.89. The Balaban J connectivity index is 1.71. The summed E-state index contributed by atoms with van der Waals surface area (Å²) < 4.78 is 1.77. The van der Waals surface area contributed by atoms with E-state index in [4.69, 9.17) is 28.3 Å². The van der Waals surface area contributed by atoms with E-state index in [9.17, 15) is 9.59 Å². The number of halogens is 2. The van der Waals surface area contributed by atoms with Crippen LogP contribution in [0.25, 0.3) is 16.9 Å². The Morgan fingerprint density at radius 3 is 2.39 bits per heavy atom. The van der Waals surface area contributed by atoms with Crippen molar-refractivity contribution in [3.05, 3.63) is 82.6 Å². The van der Waals surface area contributed by atoms with Gasteiger partial charge in [-0.05, 0) is 36.4 Å². The number of aromatic nitrogens is 2. The molecule has 4 rings (SSSR count). The Labute approximate surface area is 187 Å². The monoisotopic (exact) mass is 454 g/mol. The lowest BCUT2D eigenvalue weighted by Gasteiger charge is -2.18. The molecule has 2 N–H and O–H groups in total. The highest BCUT2D eigenvalue weighted by Crippen LogP contribution is 2.28. The SMILES string of the molecule is CN(C(=O)c1cn2c(-c3ccc(NC(=O)O)cc3)cnc2cc1Cl)c1ccc(Cl)cc1. The van der Waals surface area contributed by atoms with Crippen LogP contribution in [0.3, 0.4) is 0 Å². The summed E-state index contributed by atoms with van der Waals surface area (Å²) in [5, 5.41) is 12.0. The minimum atomic E-state index is -1.13. The van der Waals surface area contributed by atoms with Crippen molar-refractivity contribution in [1.82, 2.24) is 9.38 Å². The van der Waals surface area contributed by atoms with Crippen LogP contribution in [0, 0.1) is 0 Å². The van der Waals surface area contributed by atoms with Gasteiger partial charge in [-0.2, -0.15) is 0 Å². The second-order valence-corrected chi connectivity index (χ2v) is 7.60. The van der Waals surface area contributed by atoms with Gasteiger partial charge >= 0.3 is 6.09 Å². The number of benzene rings is 2. The number of rotatable bonds is 4. The fourth-order valence-corrected chi connectivity index (χ4v) is 3.53. The van der Waals surface area contributed by atoms with Gasteiger partial charge in [-0.25, -0.2) is 9.78 Å². The molecule has 0 atom stereocenters. The van der Waals surface area contributed by atoms with E-state index in [1.165, 1.54) is 4.90 Å². The average Bonchev–Trinajstić information content (AvgIpc) is 3.15. The highest BCUT2D eigenvalue weighted by atomic mass is 35.5. The molecule has 4 aromatic rings. The number of carbonyl (C=O) groups is 2. The molecule has 0 bridgehead atoms. The van der Waals surface area contributed by atoms with E-state index in [0.29, 0.717) is 27.6 Å². The zero-order chi connectivity index (χ0) is 22.1. The smallest absolute Gasteiger partial charge is 0.409 e. The van der Waals surface area contributed by atoms with E-state index >= 15 is 0 Å². The van der Waals surface area contributed by atoms with Crippen molar-refractivity contribution in [1.29, 1.82) is 0 Å². The second-order valence-electron chi connectivity index (χ2n) is 6.75. The fourth-order valence-electron chi connectivity index (χ4n) is 3.18. The van der Waals surface area contributed by atoms with Gasteiger partial charge in [-0.15, -0.1) is 0 Å². The molecule has 2 heterocycles. The average molecular weight is 455 g/mol. The molecule has 2 aromatic heterocycles. The molecule has 0 aliphatic rings.